The smallest absolute Gasteiger partial charge is 0.241 e. The molecule has 0 saturated carbocycles. The van der Waals surface area contributed by atoms with Crippen molar-refractivity contribution in [1.82, 2.24) is 34.0 Å². The monoisotopic (exact) mass is 529 g/mol. The van der Waals surface area contributed by atoms with Crippen molar-refractivity contribution in [3.63, 3.8) is 0 Å². The first-order valence-corrected chi connectivity index (χ1v) is 12.8. The third-order valence-electron chi connectivity index (χ3n) is 6.98. The number of nitrogens with zero attached hydrogens (tertiary/aromatic N) is 8. The largest absolute Gasteiger partial charge is 0.310 e. The van der Waals surface area contributed by atoms with E-state index in [1.807, 2.05) is 81.0 Å². The predicted molar refractivity (Wildman–Crippen MR) is 154 cm³/mol. The lowest BCUT2D eigenvalue weighted by Gasteiger charge is -2.16. The van der Waals surface area contributed by atoms with Gasteiger partial charge in [-0.1, -0.05) is 18.2 Å². The molecule has 2 aromatic carbocycles. The lowest BCUT2D eigenvalue weighted by atomic mass is 9.86. The highest BCUT2D eigenvalue weighted by Crippen LogP contribution is 2.33. The van der Waals surface area contributed by atoms with Crippen LogP contribution in [-0.2, 0) is 10.2 Å². The Morgan fingerprint density at radius 3 is 2.50 bits per heavy atom. The molecule has 0 unspecified atom stereocenters. The zero-order chi connectivity index (χ0) is 28.0. The quantitative estimate of drug-likeness (QED) is 0.335. The van der Waals surface area contributed by atoms with Crippen LogP contribution in [0.1, 0.15) is 19.4 Å². The number of hydrogen-bond donors (Lipinski definition) is 1. The molecule has 0 aliphatic carbocycles. The molecule has 0 bridgehead atoms. The van der Waals surface area contributed by atoms with Crippen LogP contribution in [0.3, 0.4) is 0 Å². The standard InChI is InChI=1S/C30H27N9O/c1-30(2,17-31)21-7-9-22(10-8-21)39-28-23-13-19(20-6-12-26(33-14-20)35-27(40)16-37(3)4)5-11-24(23)32-15-25(28)38-18-34-36-29(38)39/h5-15,18H,16H2,1-4H3,(H,33,35,40). The number of carbonyl (C=O) groups excluding carboxylic acids is 1. The molecule has 0 radical (unpaired) electrons. The van der Waals surface area contributed by atoms with E-state index in [1.54, 1.807) is 23.5 Å². The summed E-state index contributed by atoms with van der Waals surface area (Å²) in [6.45, 7) is 4.10. The van der Waals surface area contributed by atoms with Crippen LogP contribution in [0.25, 0.3) is 44.5 Å². The molecule has 6 rings (SSSR count). The molecule has 0 aliphatic rings. The SMILES string of the molecule is CN(C)CC(=O)Nc1ccc(-c2ccc3ncc4c(c3c2)n(-c2ccc(C(C)(C)C#N)cc2)c2nncn42)cn1. The van der Waals surface area contributed by atoms with Crippen molar-refractivity contribution in [1.29, 1.82) is 5.26 Å². The van der Waals surface area contributed by atoms with Crippen LogP contribution in [0.4, 0.5) is 5.82 Å². The maximum Gasteiger partial charge on any atom is 0.241 e. The summed E-state index contributed by atoms with van der Waals surface area (Å²) in [5, 5.41) is 21.9. The number of hydrogen-bond acceptors (Lipinski definition) is 7. The Labute approximate surface area is 230 Å². The van der Waals surface area contributed by atoms with E-state index < -0.39 is 5.41 Å². The first kappa shape index (κ1) is 25.2. The van der Waals surface area contributed by atoms with Gasteiger partial charge in [-0.25, -0.2) is 4.98 Å². The maximum atomic E-state index is 12.1. The molecule has 0 saturated heterocycles. The van der Waals surface area contributed by atoms with Gasteiger partial charge in [0.1, 0.15) is 12.1 Å². The molecule has 6 aromatic rings. The number of benzene rings is 2. The lowest BCUT2D eigenvalue weighted by molar-refractivity contribution is -0.116. The van der Waals surface area contributed by atoms with Crippen LogP contribution < -0.4 is 5.32 Å². The van der Waals surface area contributed by atoms with Crippen LogP contribution in [0.5, 0.6) is 0 Å². The van der Waals surface area contributed by atoms with E-state index >= 15 is 0 Å². The Balaban J connectivity index is 1.47. The number of imidazole rings is 1. The number of nitriles is 1. The first-order valence-electron chi connectivity index (χ1n) is 12.8. The fourth-order valence-corrected chi connectivity index (χ4v) is 4.85. The molecule has 0 fully saturated rings. The van der Waals surface area contributed by atoms with Gasteiger partial charge in [0.25, 0.3) is 0 Å². The van der Waals surface area contributed by atoms with E-state index in [0.717, 1.165) is 44.3 Å². The third kappa shape index (κ3) is 4.32. The zero-order valence-corrected chi connectivity index (χ0v) is 22.6. The van der Waals surface area contributed by atoms with Gasteiger partial charge >= 0.3 is 0 Å². The normalized spacial score (nSPS) is 11.9. The average molecular weight is 530 g/mol. The van der Waals surface area contributed by atoms with Crippen molar-refractivity contribution in [2.24, 2.45) is 0 Å². The Bertz CT molecular complexity index is 1930. The van der Waals surface area contributed by atoms with Crippen molar-refractivity contribution < 1.29 is 4.79 Å². The summed E-state index contributed by atoms with van der Waals surface area (Å²) < 4.78 is 4.00. The zero-order valence-electron chi connectivity index (χ0n) is 22.6. The molecule has 1 N–H and O–H groups in total. The fourth-order valence-electron chi connectivity index (χ4n) is 4.85. The van der Waals surface area contributed by atoms with E-state index in [1.165, 1.54) is 0 Å². The van der Waals surface area contributed by atoms with Gasteiger partial charge in [-0.2, -0.15) is 5.26 Å². The van der Waals surface area contributed by atoms with Crippen LogP contribution in [0.15, 0.2) is 73.3 Å². The van der Waals surface area contributed by atoms with E-state index in [2.05, 4.69) is 37.2 Å². The van der Waals surface area contributed by atoms with Crippen LogP contribution in [-0.4, -0.2) is 60.6 Å². The third-order valence-corrected chi connectivity index (χ3v) is 6.98. The van der Waals surface area contributed by atoms with Gasteiger partial charge < -0.3 is 10.2 Å². The van der Waals surface area contributed by atoms with Crippen LogP contribution >= 0.6 is 0 Å². The lowest BCUT2D eigenvalue weighted by Crippen LogP contribution is -2.27. The summed E-state index contributed by atoms with van der Waals surface area (Å²) in [6.07, 6.45) is 5.28. The molecule has 0 aliphatic heterocycles. The fraction of sp³-hybridized carbons (Fsp3) is 0.200. The average Bonchev–Trinajstić information content (AvgIpc) is 3.54. The molecule has 0 spiro atoms. The van der Waals surface area contributed by atoms with Gasteiger partial charge in [0.05, 0.1) is 40.8 Å². The van der Waals surface area contributed by atoms with Gasteiger partial charge in [0.15, 0.2) is 0 Å². The Morgan fingerprint density at radius 2 is 1.80 bits per heavy atom. The number of fused-ring (bicyclic) bond motifs is 5. The Kier molecular flexibility index (Phi) is 6.01. The highest BCUT2D eigenvalue weighted by Gasteiger charge is 2.21. The van der Waals surface area contributed by atoms with Gasteiger partial charge in [0.2, 0.25) is 11.7 Å². The highest BCUT2D eigenvalue weighted by molar-refractivity contribution is 6.06. The number of amides is 1. The van der Waals surface area contributed by atoms with Crippen molar-refractivity contribution in [3.05, 3.63) is 78.9 Å². The van der Waals surface area contributed by atoms with Gasteiger partial charge in [-0.05, 0) is 75.5 Å². The number of nitrogens with one attached hydrogen (secondary N) is 1. The summed E-state index contributed by atoms with van der Waals surface area (Å²) >= 11 is 0. The summed E-state index contributed by atoms with van der Waals surface area (Å²) in [5.74, 6) is 1.06. The number of anilines is 1. The predicted octanol–water partition coefficient (Wildman–Crippen LogP) is 4.58. The van der Waals surface area contributed by atoms with Gasteiger partial charge in [-0.3, -0.25) is 18.7 Å². The second kappa shape index (κ2) is 9.55. The van der Waals surface area contributed by atoms with Crippen molar-refractivity contribution in [2.45, 2.75) is 19.3 Å². The van der Waals surface area contributed by atoms with E-state index in [-0.39, 0.29) is 12.5 Å². The van der Waals surface area contributed by atoms with Gasteiger partial charge in [0, 0.05) is 22.8 Å². The number of likely N-dealkylation sites (N-methyl/N-ethyl adjacent to an activating group) is 1. The summed E-state index contributed by atoms with van der Waals surface area (Å²) in [7, 11) is 3.69. The Morgan fingerprint density at radius 1 is 1.02 bits per heavy atom. The molecule has 10 heteroatoms. The summed E-state index contributed by atoms with van der Waals surface area (Å²) in [5.41, 5.74) is 5.80. The van der Waals surface area contributed by atoms with Crippen LogP contribution in [0.2, 0.25) is 0 Å². The van der Waals surface area contributed by atoms with Crippen molar-refractivity contribution >= 4 is 39.4 Å². The molecular weight excluding hydrogens is 502 g/mol. The van der Waals surface area contributed by atoms with E-state index in [4.69, 9.17) is 4.98 Å². The summed E-state index contributed by atoms with van der Waals surface area (Å²) in [4.78, 5) is 23.1. The molecule has 10 nitrogen and oxygen atoms in total. The molecule has 1 amide bonds. The molecule has 40 heavy (non-hydrogen) atoms. The minimum atomic E-state index is -0.592. The second-order valence-electron chi connectivity index (χ2n) is 10.6. The van der Waals surface area contributed by atoms with E-state index in [9.17, 15) is 10.1 Å². The second-order valence-corrected chi connectivity index (χ2v) is 10.6. The molecular formula is C30H27N9O. The Hall–Kier alpha value is -5.14. The number of pyridine rings is 2. The molecule has 198 valence electrons. The highest BCUT2D eigenvalue weighted by atomic mass is 16.2. The molecule has 4 heterocycles. The first-order chi connectivity index (χ1) is 19.2. The number of carbonyl (C=O) groups is 1. The number of aromatic nitrogens is 6. The van der Waals surface area contributed by atoms with Crippen molar-refractivity contribution in [3.8, 4) is 22.9 Å². The maximum absolute atomic E-state index is 12.1. The van der Waals surface area contributed by atoms with Crippen molar-refractivity contribution in [2.75, 3.05) is 26.0 Å². The molecule has 0 atom stereocenters. The minimum absolute atomic E-state index is 0.117. The number of rotatable bonds is 6. The molecule has 4 aromatic heterocycles. The van der Waals surface area contributed by atoms with E-state index in [0.29, 0.717) is 11.6 Å². The summed E-state index contributed by atoms with van der Waals surface area (Å²) in [6, 6.07) is 20.2. The van der Waals surface area contributed by atoms with Crippen LogP contribution in [0, 0.1) is 11.3 Å². The topological polar surface area (TPSA) is 117 Å². The van der Waals surface area contributed by atoms with Gasteiger partial charge in [-0.15, -0.1) is 10.2 Å². The minimum Gasteiger partial charge on any atom is -0.310 e.